The zero-order valence-electron chi connectivity index (χ0n) is 27.6. The fourth-order valence-electron chi connectivity index (χ4n) is 6.29. The van der Waals surface area contributed by atoms with Gasteiger partial charge in [-0.15, -0.1) is 12.4 Å². The summed E-state index contributed by atoms with van der Waals surface area (Å²) in [6.07, 6.45) is 1.76. The highest BCUT2D eigenvalue weighted by Crippen LogP contribution is 2.54. The number of aliphatic carboxylic acids is 1. The summed E-state index contributed by atoms with van der Waals surface area (Å²) in [5.41, 5.74) is 0.879. The molecule has 0 spiro atoms. The number of carbonyl (C=O) groups is 2. The minimum Gasteiger partial charge on any atom is -0.493 e. The third-order valence-corrected chi connectivity index (χ3v) is 9.62. The van der Waals surface area contributed by atoms with Crippen LogP contribution in [-0.4, -0.2) is 82.0 Å². The summed E-state index contributed by atoms with van der Waals surface area (Å²) in [7, 11) is 0. The molecule has 1 saturated heterocycles. The number of amidine groups is 1. The molecule has 1 N–H and O–H groups in total. The van der Waals surface area contributed by atoms with Gasteiger partial charge in [0.05, 0.1) is 18.7 Å². The van der Waals surface area contributed by atoms with E-state index in [-0.39, 0.29) is 30.4 Å². The highest BCUT2D eigenvalue weighted by Gasteiger charge is 2.60. The fourth-order valence-corrected chi connectivity index (χ4v) is 6.54. The molecule has 12 heteroatoms. The van der Waals surface area contributed by atoms with Crippen molar-refractivity contribution in [1.29, 1.82) is 0 Å². The lowest BCUT2D eigenvalue weighted by Gasteiger charge is -2.47. The van der Waals surface area contributed by atoms with Gasteiger partial charge < -0.3 is 14.7 Å². The normalized spacial score (nSPS) is 21.7. The molecule has 2 aliphatic rings. The Bertz CT molecular complexity index is 1640. The minimum absolute atomic E-state index is 0. The number of carbonyl (C=O) groups excluding carboxylic acids is 1. The number of aromatic nitrogens is 1. The topological polar surface area (TPSA) is 98.6 Å². The van der Waals surface area contributed by atoms with Crippen LogP contribution in [0.1, 0.15) is 63.9 Å². The van der Waals surface area contributed by atoms with Crippen LogP contribution in [0.2, 0.25) is 10.0 Å². The second-order valence-corrected chi connectivity index (χ2v) is 14.0. The maximum Gasteiger partial charge on any atom is 0.326 e. The summed E-state index contributed by atoms with van der Waals surface area (Å²) < 4.78 is 6.22. The predicted octanol–water partition coefficient (Wildman–Crippen LogP) is 7.22. The first-order valence-electron chi connectivity index (χ1n) is 15.5. The first-order valence-corrected chi connectivity index (χ1v) is 16.2. The molecule has 3 heterocycles. The number of hydrogen-bond acceptors (Lipinski definition) is 6. The number of pyridine rings is 1. The van der Waals surface area contributed by atoms with Crippen molar-refractivity contribution >= 4 is 53.4 Å². The standard InChI is InChI=1S/C35H41Cl2N5O4.ClH/c1-7-46-28-20-29(33(2,3)4)38-21-27(28)31-39-34(5,23-8-12-25(36)13-9-23)35(6,24-10-14-26(37)15-11-24)42(31)32(45)41-18-16-40(17-19-41)22-30(43)44;/h8-15,20-21H,7,16-19,22H2,1-6H3,(H,43,44);1H/t34-,35+;/m0./s1. The van der Waals surface area contributed by atoms with E-state index in [2.05, 4.69) is 20.8 Å². The number of rotatable bonds is 7. The van der Waals surface area contributed by atoms with Crippen LogP contribution in [0.25, 0.3) is 0 Å². The van der Waals surface area contributed by atoms with Crippen molar-refractivity contribution in [3.05, 3.63) is 93.2 Å². The molecule has 2 amide bonds. The molecule has 0 aliphatic carbocycles. The van der Waals surface area contributed by atoms with Crippen molar-refractivity contribution in [3.8, 4) is 5.75 Å². The van der Waals surface area contributed by atoms with Crippen molar-refractivity contribution in [2.75, 3.05) is 39.3 Å². The Morgan fingerprint density at radius 1 is 0.936 bits per heavy atom. The Balaban J connectivity index is 0.00000500. The summed E-state index contributed by atoms with van der Waals surface area (Å²) in [5.74, 6) is 0.130. The third-order valence-electron chi connectivity index (χ3n) is 9.12. The second kappa shape index (κ2) is 14.0. The number of piperazine rings is 1. The lowest BCUT2D eigenvalue weighted by molar-refractivity contribution is -0.138. The van der Waals surface area contributed by atoms with Crippen LogP contribution in [0.15, 0.2) is 65.8 Å². The number of ether oxygens (including phenoxy) is 1. The fraction of sp³-hybridized carbons (Fsp3) is 0.429. The van der Waals surface area contributed by atoms with Crippen molar-refractivity contribution in [1.82, 2.24) is 19.7 Å². The van der Waals surface area contributed by atoms with Gasteiger partial charge in [0.2, 0.25) is 0 Å². The van der Waals surface area contributed by atoms with E-state index in [1.807, 2.05) is 80.3 Å². The Labute approximate surface area is 292 Å². The van der Waals surface area contributed by atoms with Crippen molar-refractivity contribution < 1.29 is 19.4 Å². The van der Waals surface area contributed by atoms with Gasteiger partial charge in [-0.3, -0.25) is 24.6 Å². The van der Waals surface area contributed by atoms with E-state index in [9.17, 15) is 14.7 Å². The SMILES string of the molecule is CCOc1cc(C(C)(C)C)ncc1C1=N[C@@](C)(c2ccc(Cl)cc2)[C@@](C)(c2ccc(Cl)cc2)N1C(=O)N1CCN(CC(=O)O)CC1.Cl. The molecule has 2 atom stereocenters. The van der Waals surface area contributed by atoms with Crippen molar-refractivity contribution in [2.24, 2.45) is 4.99 Å². The molecular formula is C35H42Cl3N5O4. The number of urea groups is 1. The van der Waals surface area contributed by atoms with Gasteiger partial charge in [0.25, 0.3) is 0 Å². The number of amides is 2. The molecule has 9 nitrogen and oxygen atoms in total. The van der Waals surface area contributed by atoms with Gasteiger partial charge in [0, 0.05) is 59.6 Å². The molecule has 1 fully saturated rings. The average Bonchev–Trinajstić information content (AvgIpc) is 3.25. The van der Waals surface area contributed by atoms with E-state index in [1.165, 1.54) is 0 Å². The monoisotopic (exact) mass is 701 g/mol. The number of halogens is 3. The van der Waals surface area contributed by atoms with Crippen LogP contribution in [0.3, 0.4) is 0 Å². The van der Waals surface area contributed by atoms with Crippen LogP contribution in [0.5, 0.6) is 5.75 Å². The number of benzene rings is 2. The number of carboxylic acid groups (broad SMARTS) is 1. The molecular weight excluding hydrogens is 661 g/mol. The summed E-state index contributed by atoms with van der Waals surface area (Å²) in [4.78, 5) is 42.0. The summed E-state index contributed by atoms with van der Waals surface area (Å²) >= 11 is 12.7. The molecule has 0 saturated carbocycles. The van der Waals surface area contributed by atoms with Gasteiger partial charge >= 0.3 is 12.0 Å². The maximum atomic E-state index is 15.0. The lowest BCUT2D eigenvalue weighted by atomic mass is 9.71. The largest absolute Gasteiger partial charge is 0.493 e. The van der Waals surface area contributed by atoms with E-state index < -0.39 is 17.0 Å². The number of aliphatic imine (C=N–C) groups is 1. The third kappa shape index (κ3) is 6.95. The zero-order valence-corrected chi connectivity index (χ0v) is 29.9. The van der Waals surface area contributed by atoms with Crippen molar-refractivity contribution in [2.45, 2.75) is 58.0 Å². The summed E-state index contributed by atoms with van der Waals surface area (Å²) in [5, 5.41) is 10.5. The first-order chi connectivity index (χ1) is 21.7. The van der Waals surface area contributed by atoms with E-state index in [0.29, 0.717) is 60.0 Å². The molecule has 2 aromatic carbocycles. The minimum atomic E-state index is -1.05. The zero-order chi connectivity index (χ0) is 33.4. The van der Waals surface area contributed by atoms with Crippen molar-refractivity contribution in [3.63, 3.8) is 0 Å². The number of nitrogens with zero attached hydrogens (tertiary/aromatic N) is 5. The quantitative estimate of drug-likeness (QED) is 0.279. The molecule has 0 unspecified atom stereocenters. The van der Waals surface area contributed by atoms with Crippen LogP contribution in [0.4, 0.5) is 4.79 Å². The molecule has 47 heavy (non-hydrogen) atoms. The average molecular weight is 703 g/mol. The van der Waals surface area contributed by atoms with Crippen LogP contribution in [0, 0.1) is 0 Å². The van der Waals surface area contributed by atoms with Crippen LogP contribution >= 0.6 is 35.6 Å². The van der Waals surface area contributed by atoms with Gasteiger partial charge in [0.15, 0.2) is 0 Å². The van der Waals surface area contributed by atoms with Gasteiger partial charge in [-0.1, -0.05) is 68.2 Å². The Kier molecular flexibility index (Phi) is 10.9. The Morgan fingerprint density at radius 3 is 2.00 bits per heavy atom. The highest BCUT2D eigenvalue weighted by molar-refractivity contribution is 6.30. The highest BCUT2D eigenvalue weighted by atomic mass is 35.5. The molecule has 252 valence electrons. The van der Waals surface area contributed by atoms with E-state index in [1.54, 1.807) is 16.0 Å². The number of carboxylic acids is 1. The predicted molar refractivity (Wildman–Crippen MR) is 188 cm³/mol. The van der Waals surface area contributed by atoms with Gasteiger partial charge in [0.1, 0.15) is 22.7 Å². The van der Waals surface area contributed by atoms with E-state index in [4.69, 9.17) is 37.9 Å². The molecule has 5 rings (SSSR count). The van der Waals surface area contributed by atoms with Gasteiger partial charge in [-0.05, 0) is 56.2 Å². The summed E-state index contributed by atoms with van der Waals surface area (Å²) in [6, 6.07) is 16.8. The molecule has 1 aromatic heterocycles. The van der Waals surface area contributed by atoms with E-state index in [0.717, 1.165) is 16.8 Å². The molecule has 0 radical (unpaired) electrons. The molecule has 3 aromatic rings. The van der Waals surface area contributed by atoms with E-state index >= 15 is 0 Å². The maximum absolute atomic E-state index is 15.0. The Hall–Kier alpha value is -3.37. The molecule has 0 bridgehead atoms. The second-order valence-electron chi connectivity index (χ2n) is 13.1. The van der Waals surface area contributed by atoms with Crippen LogP contribution in [-0.2, 0) is 21.3 Å². The number of hydrogen-bond donors (Lipinski definition) is 1. The summed E-state index contributed by atoms with van der Waals surface area (Å²) in [6.45, 7) is 14.2. The molecule has 2 aliphatic heterocycles. The smallest absolute Gasteiger partial charge is 0.326 e. The van der Waals surface area contributed by atoms with Crippen LogP contribution < -0.4 is 4.74 Å². The first kappa shape index (κ1) is 36.5. The Morgan fingerprint density at radius 2 is 1.49 bits per heavy atom. The lowest BCUT2D eigenvalue weighted by Crippen LogP contribution is -2.61. The van der Waals surface area contributed by atoms with Gasteiger partial charge in [-0.2, -0.15) is 0 Å². The van der Waals surface area contributed by atoms with Gasteiger partial charge in [-0.25, -0.2) is 4.79 Å².